The van der Waals surface area contributed by atoms with Crippen molar-refractivity contribution < 1.29 is 4.79 Å². The highest BCUT2D eigenvalue weighted by atomic mass is 35.5. The number of carbonyl (C=O) groups excluding carboxylic acids is 1. The number of rotatable bonds is 3. The molecule has 1 unspecified atom stereocenters. The minimum atomic E-state index is 0.107. The van der Waals surface area contributed by atoms with E-state index in [0.717, 1.165) is 28.7 Å². The van der Waals surface area contributed by atoms with E-state index in [1.54, 1.807) is 18.3 Å². The summed E-state index contributed by atoms with van der Waals surface area (Å²) < 4.78 is 0.810. The number of nitrogens with one attached hydrogen (secondary N) is 1. The number of benzene rings is 1. The molecule has 1 N–H and O–H groups in total. The molecule has 1 aromatic heterocycles. The third-order valence-corrected chi connectivity index (χ3v) is 5.17. The standard InChI is InChI=1S/C16H17ClN2OS/c1-10(15-5-6-16(17)21-15)18-13-3-4-14-12(9-13)7-8-19(14)11(2)20/h3-6,9-10,18H,7-8H2,1-2H3. The van der Waals surface area contributed by atoms with E-state index in [0.29, 0.717) is 0 Å². The lowest BCUT2D eigenvalue weighted by atomic mass is 10.1. The van der Waals surface area contributed by atoms with Crippen LogP contribution >= 0.6 is 22.9 Å². The van der Waals surface area contributed by atoms with E-state index in [9.17, 15) is 4.79 Å². The van der Waals surface area contributed by atoms with Gasteiger partial charge in [0.1, 0.15) is 0 Å². The molecule has 1 atom stereocenters. The Balaban J connectivity index is 1.77. The predicted octanol–water partition coefficient (Wildman–Crippen LogP) is 4.48. The summed E-state index contributed by atoms with van der Waals surface area (Å²) in [6.45, 7) is 4.52. The van der Waals surface area contributed by atoms with Gasteiger partial charge in [-0.05, 0) is 49.2 Å². The average Bonchev–Trinajstić information content (AvgIpc) is 3.04. The van der Waals surface area contributed by atoms with Gasteiger partial charge in [0.25, 0.3) is 0 Å². The molecule has 2 heterocycles. The van der Waals surface area contributed by atoms with Gasteiger partial charge in [0.15, 0.2) is 0 Å². The maximum atomic E-state index is 11.6. The van der Waals surface area contributed by atoms with Crippen molar-refractivity contribution in [3.05, 3.63) is 45.1 Å². The molecule has 110 valence electrons. The Bertz CT molecular complexity index is 683. The molecule has 5 heteroatoms. The van der Waals surface area contributed by atoms with Gasteiger partial charge in [-0.2, -0.15) is 0 Å². The summed E-state index contributed by atoms with van der Waals surface area (Å²) in [4.78, 5) is 14.6. The number of nitrogens with zero attached hydrogens (tertiary/aromatic N) is 1. The molecule has 0 spiro atoms. The fourth-order valence-corrected chi connectivity index (χ4v) is 3.76. The van der Waals surface area contributed by atoms with Crippen LogP contribution in [0.25, 0.3) is 0 Å². The molecule has 1 aromatic carbocycles. The highest BCUT2D eigenvalue weighted by molar-refractivity contribution is 7.16. The minimum Gasteiger partial charge on any atom is -0.378 e. The monoisotopic (exact) mass is 320 g/mol. The van der Waals surface area contributed by atoms with Crippen molar-refractivity contribution in [1.82, 2.24) is 0 Å². The maximum absolute atomic E-state index is 11.6. The third kappa shape index (κ3) is 2.92. The van der Waals surface area contributed by atoms with Crippen LogP contribution in [0.4, 0.5) is 11.4 Å². The first kappa shape index (κ1) is 14.4. The molecular formula is C16H17ClN2OS. The van der Waals surface area contributed by atoms with Crippen molar-refractivity contribution in [2.45, 2.75) is 26.3 Å². The second-order valence-corrected chi connectivity index (χ2v) is 7.02. The van der Waals surface area contributed by atoms with E-state index in [4.69, 9.17) is 11.6 Å². The Morgan fingerprint density at radius 3 is 2.86 bits per heavy atom. The molecule has 0 bridgehead atoms. The van der Waals surface area contributed by atoms with Gasteiger partial charge in [-0.3, -0.25) is 4.79 Å². The fraction of sp³-hybridized carbons (Fsp3) is 0.312. The first-order chi connectivity index (χ1) is 10.0. The van der Waals surface area contributed by atoms with Crippen LogP contribution in [0.2, 0.25) is 4.34 Å². The van der Waals surface area contributed by atoms with Crippen LogP contribution in [-0.4, -0.2) is 12.5 Å². The lowest BCUT2D eigenvalue weighted by Gasteiger charge is -2.17. The van der Waals surface area contributed by atoms with Gasteiger partial charge in [0.05, 0.1) is 10.4 Å². The summed E-state index contributed by atoms with van der Waals surface area (Å²) in [6, 6.07) is 10.4. The van der Waals surface area contributed by atoms with Gasteiger partial charge in [-0.15, -0.1) is 11.3 Å². The van der Waals surface area contributed by atoms with E-state index in [-0.39, 0.29) is 11.9 Å². The number of anilines is 2. The van der Waals surface area contributed by atoms with Crippen molar-refractivity contribution >= 4 is 40.2 Å². The fourth-order valence-electron chi connectivity index (χ4n) is 2.70. The summed E-state index contributed by atoms with van der Waals surface area (Å²) in [5, 5.41) is 3.49. The van der Waals surface area contributed by atoms with E-state index in [1.165, 1.54) is 10.4 Å². The van der Waals surface area contributed by atoms with Crippen molar-refractivity contribution in [1.29, 1.82) is 0 Å². The molecule has 2 aromatic rings. The summed E-state index contributed by atoms with van der Waals surface area (Å²) in [7, 11) is 0. The summed E-state index contributed by atoms with van der Waals surface area (Å²) >= 11 is 7.58. The Kier molecular flexibility index (Phi) is 3.91. The molecule has 0 saturated heterocycles. The molecular weight excluding hydrogens is 304 g/mol. The number of hydrogen-bond acceptors (Lipinski definition) is 3. The van der Waals surface area contributed by atoms with Gasteiger partial charge < -0.3 is 10.2 Å². The molecule has 0 aliphatic carbocycles. The second kappa shape index (κ2) is 5.70. The zero-order valence-corrected chi connectivity index (χ0v) is 13.6. The zero-order chi connectivity index (χ0) is 15.0. The largest absolute Gasteiger partial charge is 0.378 e. The van der Waals surface area contributed by atoms with E-state index in [2.05, 4.69) is 24.4 Å². The number of hydrogen-bond donors (Lipinski definition) is 1. The van der Waals surface area contributed by atoms with Crippen molar-refractivity contribution in [2.24, 2.45) is 0 Å². The van der Waals surface area contributed by atoms with Crippen LogP contribution in [0.1, 0.15) is 30.3 Å². The van der Waals surface area contributed by atoms with Crippen molar-refractivity contribution in [3.63, 3.8) is 0 Å². The quantitative estimate of drug-likeness (QED) is 0.904. The van der Waals surface area contributed by atoms with Crippen LogP contribution in [0.5, 0.6) is 0 Å². The van der Waals surface area contributed by atoms with Gasteiger partial charge in [0, 0.05) is 29.7 Å². The molecule has 1 aliphatic rings. The highest BCUT2D eigenvalue weighted by Gasteiger charge is 2.22. The Morgan fingerprint density at radius 1 is 1.38 bits per heavy atom. The first-order valence-corrected chi connectivity index (χ1v) is 8.17. The Hall–Kier alpha value is -1.52. The molecule has 0 fully saturated rings. The van der Waals surface area contributed by atoms with Crippen LogP contribution < -0.4 is 10.2 Å². The second-order valence-electron chi connectivity index (χ2n) is 5.27. The maximum Gasteiger partial charge on any atom is 0.223 e. The average molecular weight is 321 g/mol. The van der Waals surface area contributed by atoms with Gasteiger partial charge in [0.2, 0.25) is 5.91 Å². The number of carbonyl (C=O) groups is 1. The smallest absolute Gasteiger partial charge is 0.223 e. The van der Waals surface area contributed by atoms with Gasteiger partial charge >= 0.3 is 0 Å². The molecule has 1 amide bonds. The van der Waals surface area contributed by atoms with Crippen LogP contribution in [-0.2, 0) is 11.2 Å². The zero-order valence-electron chi connectivity index (χ0n) is 12.0. The lowest BCUT2D eigenvalue weighted by Crippen LogP contribution is -2.25. The van der Waals surface area contributed by atoms with Crippen LogP contribution in [0, 0.1) is 0 Å². The summed E-state index contributed by atoms with van der Waals surface area (Å²) in [5.41, 5.74) is 3.35. The van der Waals surface area contributed by atoms with E-state index in [1.807, 2.05) is 23.1 Å². The minimum absolute atomic E-state index is 0.107. The molecule has 3 nitrogen and oxygen atoms in total. The topological polar surface area (TPSA) is 32.3 Å². The van der Waals surface area contributed by atoms with Crippen molar-refractivity contribution in [3.8, 4) is 0 Å². The third-order valence-electron chi connectivity index (χ3n) is 3.76. The SMILES string of the molecule is CC(=O)N1CCc2cc(NC(C)c3ccc(Cl)s3)ccc21. The lowest BCUT2D eigenvalue weighted by molar-refractivity contribution is -0.116. The molecule has 0 saturated carbocycles. The van der Waals surface area contributed by atoms with Gasteiger partial charge in [-0.25, -0.2) is 0 Å². The van der Waals surface area contributed by atoms with Gasteiger partial charge in [-0.1, -0.05) is 11.6 Å². The Morgan fingerprint density at radius 2 is 2.19 bits per heavy atom. The molecule has 3 rings (SSSR count). The number of fused-ring (bicyclic) bond motifs is 1. The van der Waals surface area contributed by atoms with E-state index >= 15 is 0 Å². The normalized spacial score (nSPS) is 14.9. The summed E-state index contributed by atoms with van der Waals surface area (Å²) in [5.74, 6) is 0.107. The number of halogens is 1. The highest BCUT2D eigenvalue weighted by Crippen LogP contribution is 2.33. The molecule has 21 heavy (non-hydrogen) atoms. The van der Waals surface area contributed by atoms with Crippen LogP contribution in [0.15, 0.2) is 30.3 Å². The van der Waals surface area contributed by atoms with Crippen LogP contribution in [0.3, 0.4) is 0 Å². The summed E-state index contributed by atoms with van der Waals surface area (Å²) in [6.07, 6.45) is 0.920. The predicted molar refractivity (Wildman–Crippen MR) is 89.5 cm³/mol. The number of thiophene rings is 1. The van der Waals surface area contributed by atoms with Crippen molar-refractivity contribution in [2.75, 3.05) is 16.8 Å². The first-order valence-electron chi connectivity index (χ1n) is 6.97. The van der Waals surface area contributed by atoms with E-state index < -0.39 is 0 Å². The molecule has 1 aliphatic heterocycles. The molecule has 0 radical (unpaired) electrons. The Labute approximate surface area is 133 Å². The number of amides is 1.